The number of hydrogen-bond acceptors (Lipinski definition) is 7. The summed E-state index contributed by atoms with van der Waals surface area (Å²) in [6.45, 7) is 1.12. The fourth-order valence-corrected chi connectivity index (χ4v) is 4.39. The topological polar surface area (TPSA) is 130 Å². The van der Waals surface area contributed by atoms with Gasteiger partial charge in [0.05, 0.1) is 17.7 Å². The first-order valence-corrected chi connectivity index (χ1v) is 11.4. The maximum atomic E-state index is 15.3. The van der Waals surface area contributed by atoms with Crippen LogP contribution in [0.5, 0.6) is 0 Å². The van der Waals surface area contributed by atoms with Gasteiger partial charge in [-0.25, -0.2) is 13.8 Å². The van der Waals surface area contributed by atoms with Crippen LogP contribution in [0.2, 0.25) is 0 Å². The number of aliphatic hydroxyl groups is 1. The lowest BCUT2D eigenvalue weighted by atomic mass is 9.89. The van der Waals surface area contributed by atoms with Crippen molar-refractivity contribution in [2.75, 3.05) is 29.9 Å². The summed E-state index contributed by atoms with van der Waals surface area (Å²) in [7, 11) is 0. The standard InChI is InChI=1S/C25H28F2N6O2/c26-16-4-1-3-15(11-16)6-9-31-24-19(12-20(27)25(32-24)33-10-7-17(34)14-33)22(23(29)35)18-5-2-8-30-21(18)13-28/h1-5,8,11-12,17,22,34H,6-7,9-10,13-14,28H2,(H2,29,35)(H,31,32). The number of nitrogens with zero attached hydrogens (tertiary/aromatic N) is 3. The molecule has 0 bridgehead atoms. The Morgan fingerprint density at radius 3 is 2.74 bits per heavy atom. The molecule has 1 aromatic carbocycles. The normalized spacial score (nSPS) is 16.3. The highest BCUT2D eigenvalue weighted by molar-refractivity contribution is 5.87. The molecule has 3 heterocycles. The van der Waals surface area contributed by atoms with Crippen molar-refractivity contribution in [3.8, 4) is 0 Å². The maximum absolute atomic E-state index is 15.3. The van der Waals surface area contributed by atoms with Crippen molar-refractivity contribution in [2.24, 2.45) is 11.5 Å². The fourth-order valence-electron chi connectivity index (χ4n) is 4.39. The van der Waals surface area contributed by atoms with E-state index in [9.17, 15) is 14.3 Å². The monoisotopic (exact) mass is 482 g/mol. The number of anilines is 2. The Kier molecular flexibility index (Phi) is 7.52. The minimum absolute atomic E-state index is 0.0714. The van der Waals surface area contributed by atoms with Crippen LogP contribution in [0.3, 0.4) is 0 Å². The molecule has 0 saturated carbocycles. The number of aliphatic hydroxyl groups excluding tert-OH is 1. The van der Waals surface area contributed by atoms with E-state index in [1.807, 2.05) is 0 Å². The number of benzene rings is 1. The fraction of sp³-hybridized carbons (Fsp3) is 0.320. The van der Waals surface area contributed by atoms with Crippen LogP contribution < -0.4 is 21.7 Å². The number of amides is 1. The van der Waals surface area contributed by atoms with Gasteiger partial charge in [0.25, 0.3) is 0 Å². The first-order chi connectivity index (χ1) is 16.9. The van der Waals surface area contributed by atoms with E-state index in [-0.39, 0.29) is 36.1 Å². The van der Waals surface area contributed by atoms with E-state index in [1.54, 1.807) is 35.4 Å². The zero-order valence-electron chi connectivity index (χ0n) is 19.1. The average Bonchev–Trinajstić information content (AvgIpc) is 3.26. The van der Waals surface area contributed by atoms with Gasteiger partial charge in [0, 0.05) is 37.9 Å². The van der Waals surface area contributed by atoms with E-state index in [0.29, 0.717) is 37.2 Å². The van der Waals surface area contributed by atoms with Gasteiger partial charge in [0.2, 0.25) is 5.91 Å². The second-order valence-electron chi connectivity index (χ2n) is 8.51. The zero-order chi connectivity index (χ0) is 24.9. The summed E-state index contributed by atoms with van der Waals surface area (Å²) in [5, 5.41) is 13.1. The first kappa shape index (κ1) is 24.5. The molecule has 1 fully saturated rings. The zero-order valence-corrected chi connectivity index (χ0v) is 19.1. The van der Waals surface area contributed by atoms with E-state index in [4.69, 9.17) is 11.5 Å². The molecule has 1 aliphatic heterocycles. The van der Waals surface area contributed by atoms with Gasteiger partial charge in [0.15, 0.2) is 11.6 Å². The van der Waals surface area contributed by atoms with E-state index in [0.717, 1.165) is 5.56 Å². The summed E-state index contributed by atoms with van der Waals surface area (Å²) in [4.78, 5) is 23.1. The molecule has 6 N–H and O–H groups in total. The van der Waals surface area contributed by atoms with Gasteiger partial charge < -0.3 is 26.8 Å². The summed E-state index contributed by atoms with van der Waals surface area (Å²) in [5.41, 5.74) is 13.6. The molecule has 0 radical (unpaired) electrons. The van der Waals surface area contributed by atoms with Gasteiger partial charge >= 0.3 is 0 Å². The molecule has 0 spiro atoms. The molecule has 184 valence electrons. The van der Waals surface area contributed by atoms with Crippen LogP contribution in [0.4, 0.5) is 20.4 Å². The Labute approximate surface area is 202 Å². The number of carbonyl (C=O) groups excluding carboxylic acids is 1. The molecule has 1 aliphatic rings. The molecule has 2 atom stereocenters. The molecule has 8 nitrogen and oxygen atoms in total. The molecule has 1 amide bonds. The number of β-amino-alcohol motifs (C(OH)–C–C–N with tert-alkyl or cyclic N) is 1. The Balaban J connectivity index is 1.73. The first-order valence-electron chi connectivity index (χ1n) is 11.4. The van der Waals surface area contributed by atoms with Crippen LogP contribution >= 0.6 is 0 Å². The van der Waals surface area contributed by atoms with Crippen LogP contribution in [0.15, 0.2) is 48.7 Å². The van der Waals surface area contributed by atoms with Gasteiger partial charge in [-0.3, -0.25) is 9.78 Å². The van der Waals surface area contributed by atoms with Crippen LogP contribution in [-0.2, 0) is 17.8 Å². The highest BCUT2D eigenvalue weighted by Gasteiger charge is 2.30. The third-order valence-electron chi connectivity index (χ3n) is 6.07. The van der Waals surface area contributed by atoms with Crippen molar-refractivity contribution in [1.29, 1.82) is 0 Å². The summed E-state index contributed by atoms with van der Waals surface area (Å²) < 4.78 is 28.9. The lowest BCUT2D eigenvalue weighted by Crippen LogP contribution is -2.28. The number of aromatic nitrogens is 2. The minimum atomic E-state index is -1.04. The highest BCUT2D eigenvalue weighted by Crippen LogP contribution is 2.35. The number of nitrogens with two attached hydrogens (primary N) is 2. The van der Waals surface area contributed by atoms with Crippen LogP contribution in [0.1, 0.15) is 34.7 Å². The summed E-state index contributed by atoms with van der Waals surface area (Å²) in [6.07, 6.45) is 1.96. The number of primary amides is 1. The minimum Gasteiger partial charge on any atom is -0.391 e. The second kappa shape index (κ2) is 10.7. The molecular weight excluding hydrogens is 454 g/mol. The van der Waals surface area contributed by atoms with Crippen LogP contribution in [0, 0.1) is 11.6 Å². The third kappa shape index (κ3) is 5.55. The number of rotatable bonds is 9. The third-order valence-corrected chi connectivity index (χ3v) is 6.07. The smallest absolute Gasteiger partial charge is 0.229 e. The average molecular weight is 483 g/mol. The molecule has 35 heavy (non-hydrogen) atoms. The highest BCUT2D eigenvalue weighted by atomic mass is 19.1. The predicted molar refractivity (Wildman–Crippen MR) is 129 cm³/mol. The number of hydrogen-bond donors (Lipinski definition) is 4. The van der Waals surface area contributed by atoms with Crippen molar-refractivity contribution >= 4 is 17.5 Å². The van der Waals surface area contributed by atoms with Crippen molar-refractivity contribution in [3.63, 3.8) is 0 Å². The number of carbonyl (C=O) groups is 1. The largest absolute Gasteiger partial charge is 0.391 e. The Hall–Kier alpha value is -3.63. The van der Waals surface area contributed by atoms with E-state index in [2.05, 4.69) is 15.3 Å². The van der Waals surface area contributed by atoms with Gasteiger partial charge in [-0.1, -0.05) is 18.2 Å². The van der Waals surface area contributed by atoms with Gasteiger partial charge in [-0.2, -0.15) is 0 Å². The summed E-state index contributed by atoms with van der Waals surface area (Å²) in [6, 6.07) is 10.8. The Bertz CT molecular complexity index is 1210. The van der Waals surface area contributed by atoms with Gasteiger partial charge in [-0.15, -0.1) is 0 Å². The maximum Gasteiger partial charge on any atom is 0.229 e. The van der Waals surface area contributed by atoms with E-state index < -0.39 is 23.7 Å². The quantitative estimate of drug-likeness (QED) is 0.367. The van der Waals surface area contributed by atoms with Gasteiger partial charge in [-0.05, 0) is 48.2 Å². The SMILES string of the molecule is NCc1ncccc1C(C(N)=O)c1cc(F)c(N2CCC(O)C2)nc1NCCc1cccc(F)c1. The van der Waals surface area contributed by atoms with Gasteiger partial charge in [0.1, 0.15) is 11.6 Å². The molecule has 2 unspecified atom stereocenters. The van der Waals surface area contributed by atoms with Crippen LogP contribution in [0.25, 0.3) is 0 Å². The number of nitrogens with one attached hydrogen (secondary N) is 1. The molecule has 3 aromatic rings. The van der Waals surface area contributed by atoms with Crippen molar-refractivity contribution in [3.05, 3.63) is 82.7 Å². The molecule has 2 aromatic heterocycles. The van der Waals surface area contributed by atoms with Crippen LogP contribution in [-0.4, -0.2) is 46.7 Å². The Morgan fingerprint density at radius 1 is 1.23 bits per heavy atom. The summed E-state index contributed by atoms with van der Waals surface area (Å²) >= 11 is 0. The molecule has 0 aliphatic carbocycles. The van der Waals surface area contributed by atoms with E-state index >= 15 is 4.39 Å². The lowest BCUT2D eigenvalue weighted by Gasteiger charge is -2.24. The molecule has 10 heteroatoms. The van der Waals surface area contributed by atoms with E-state index in [1.165, 1.54) is 18.2 Å². The lowest BCUT2D eigenvalue weighted by molar-refractivity contribution is -0.118. The Morgan fingerprint density at radius 2 is 2.06 bits per heavy atom. The molecule has 4 rings (SSSR count). The number of halogens is 2. The predicted octanol–water partition coefficient (Wildman–Crippen LogP) is 2.06. The molecule has 1 saturated heterocycles. The van der Waals surface area contributed by atoms with Crippen molar-refractivity contribution in [1.82, 2.24) is 9.97 Å². The van der Waals surface area contributed by atoms with Crippen molar-refractivity contribution in [2.45, 2.75) is 31.4 Å². The van der Waals surface area contributed by atoms with Crippen molar-refractivity contribution < 1.29 is 18.7 Å². The number of pyridine rings is 2. The molecular formula is C25H28F2N6O2. The summed E-state index contributed by atoms with van der Waals surface area (Å²) in [5.74, 6) is -2.36. The second-order valence-corrected chi connectivity index (χ2v) is 8.51.